The fraction of sp³-hybridized carbons (Fsp3) is 0.222. The molecule has 2 aromatic carbocycles. The Morgan fingerprint density at radius 3 is 2.54 bits per heavy atom. The minimum absolute atomic E-state index is 0.108. The first-order valence-corrected chi connectivity index (χ1v) is 7.73. The third-order valence-electron chi connectivity index (χ3n) is 3.32. The molecular formula is C18H17ClFNO3. The van der Waals surface area contributed by atoms with Crippen LogP contribution in [0.15, 0.2) is 42.5 Å². The maximum atomic E-state index is 12.9. The topological polar surface area (TPSA) is 55.4 Å². The monoisotopic (exact) mass is 349 g/mol. The molecule has 0 bridgehead atoms. The van der Waals surface area contributed by atoms with Crippen molar-refractivity contribution in [1.29, 1.82) is 0 Å². The third-order valence-corrected chi connectivity index (χ3v) is 3.68. The lowest BCUT2D eigenvalue weighted by Gasteiger charge is -2.08. The van der Waals surface area contributed by atoms with Crippen LogP contribution in [0.5, 0.6) is 0 Å². The minimum atomic E-state index is -0.478. The molecule has 1 amide bonds. The largest absolute Gasteiger partial charge is 0.455 e. The number of rotatable bonds is 6. The molecule has 1 N–H and O–H groups in total. The highest BCUT2D eigenvalue weighted by Gasteiger charge is 2.09. The molecular weight excluding hydrogens is 333 g/mol. The average molecular weight is 350 g/mol. The summed E-state index contributed by atoms with van der Waals surface area (Å²) in [7, 11) is 0. The second kappa shape index (κ2) is 8.45. The van der Waals surface area contributed by atoms with E-state index in [4.69, 9.17) is 16.3 Å². The van der Waals surface area contributed by atoms with Crippen LogP contribution in [0.2, 0.25) is 5.02 Å². The molecule has 0 aliphatic heterocycles. The second-order valence-electron chi connectivity index (χ2n) is 5.34. The minimum Gasteiger partial charge on any atom is -0.455 e. The lowest BCUT2D eigenvalue weighted by Crippen LogP contribution is -2.28. The smallest absolute Gasteiger partial charge is 0.310 e. The summed E-state index contributed by atoms with van der Waals surface area (Å²) in [6.45, 7) is 1.72. The van der Waals surface area contributed by atoms with E-state index in [0.29, 0.717) is 5.56 Å². The van der Waals surface area contributed by atoms with Gasteiger partial charge < -0.3 is 10.1 Å². The van der Waals surface area contributed by atoms with Crippen LogP contribution in [-0.2, 0) is 27.3 Å². The van der Waals surface area contributed by atoms with Crippen molar-refractivity contribution < 1.29 is 18.7 Å². The SMILES string of the molecule is Cc1ccc(CC(=O)OCC(=O)NCc2ccc(F)cc2Cl)cc1. The van der Waals surface area contributed by atoms with Crippen LogP contribution in [0, 0.1) is 12.7 Å². The van der Waals surface area contributed by atoms with Crippen molar-refractivity contribution in [3.63, 3.8) is 0 Å². The van der Waals surface area contributed by atoms with E-state index in [1.807, 2.05) is 31.2 Å². The van der Waals surface area contributed by atoms with E-state index >= 15 is 0 Å². The van der Waals surface area contributed by atoms with Crippen molar-refractivity contribution in [1.82, 2.24) is 5.32 Å². The summed E-state index contributed by atoms with van der Waals surface area (Å²) in [5.41, 5.74) is 2.51. The first kappa shape index (κ1) is 17.9. The maximum Gasteiger partial charge on any atom is 0.310 e. The van der Waals surface area contributed by atoms with Gasteiger partial charge in [-0.15, -0.1) is 0 Å². The van der Waals surface area contributed by atoms with Gasteiger partial charge >= 0.3 is 5.97 Å². The van der Waals surface area contributed by atoms with Gasteiger partial charge in [0.15, 0.2) is 6.61 Å². The van der Waals surface area contributed by atoms with Crippen LogP contribution in [-0.4, -0.2) is 18.5 Å². The van der Waals surface area contributed by atoms with E-state index in [1.165, 1.54) is 18.2 Å². The first-order chi connectivity index (χ1) is 11.4. The molecule has 0 spiro atoms. The van der Waals surface area contributed by atoms with Crippen LogP contribution in [0.4, 0.5) is 4.39 Å². The fourth-order valence-corrected chi connectivity index (χ4v) is 2.21. The van der Waals surface area contributed by atoms with E-state index in [-0.39, 0.29) is 24.6 Å². The van der Waals surface area contributed by atoms with E-state index in [1.54, 1.807) is 0 Å². The number of nitrogens with one attached hydrogen (secondary N) is 1. The van der Waals surface area contributed by atoms with Crippen molar-refractivity contribution in [3.05, 3.63) is 70.0 Å². The lowest BCUT2D eigenvalue weighted by atomic mass is 10.1. The number of hydrogen-bond acceptors (Lipinski definition) is 3. The third kappa shape index (κ3) is 5.66. The number of hydrogen-bond donors (Lipinski definition) is 1. The molecule has 24 heavy (non-hydrogen) atoms. The highest BCUT2D eigenvalue weighted by Crippen LogP contribution is 2.16. The Hall–Kier alpha value is -2.40. The van der Waals surface area contributed by atoms with Crippen molar-refractivity contribution in [3.8, 4) is 0 Å². The van der Waals surface area contributed by atoms with Crippen molar-refractivity contribution in [2.24, 2.45) is 0 Å². The molecule has 0 aromatic heterocycles. The van der Waals surface area contributed by atoms with Gasteiger partial charge in [0.05, 0.1) is 6.42 Å². The molecule has 0 fully saturated rings. The van der Waals surface area contributed by atoms with Gasteiger partial charge in [0.25, 0.3) is 5.91 Å². The molecule has 126 valence electrons. The average Bonchev–Trinajstić information content (AvgIpc) is 2.54. The fourth-order valence-electron chi connectivity index (χ4n) is 1.98. The van der Waals surface area contributed by atoms with Crippen molar-refractivity contribution in [2.45, 2.75) is 19.9 Å². The Labute approximate surface area is 144 Å². The molecule has 0 saturated heterocycles. The predicted octanol–water partition coefficient (Wildman–Crippen LogP) is 3.19. The molecule has 0 aliphatic rings. The van der Waals surface area contributed by atoms with Crippen LogP contribution < -0.4 is 5.32 Å². The Morgan fingerprint density at radius 2 is 1.88 bits per heavy atom. The number of carbonyl (C=O) groups excluding carboxylic acids is 2. The number of halogens is 2. The molecule has 0 atom stereocenters. The number of ether oxygens (including phenoxy) is 1. The van der Waals surface area contributed by atoms with Crippen LogP contribution in [0.3, 0.4) is 0 Å². The predicted molar refractivity (Wildman–Crippen MR) is 89.1 cm³/mol. The van der Waals surface area contributed by atoms with E-state index < -0.39 is 17.7 Å². The zero-order valence-corrected chi connectivity index (χ0v) is 13.9. The number of carbonyl (C=O) groups is 2. The number of esters is 1. The normalized spacial score (nSPS) is 10.3. The number of benzene rings is 2. The molecule has 2 rings (SSSR count). The summed E-state index contributed by atoms with van der Waals surface area (Å²) >= 11 is 5.87. The van der Waals surface area contributed by atoms with E-state index in [2.05, 4.69) is 5.32 Å². The summed E-state index contributed by atoms with van der Waals surface area (Å²) in [6.07, 6.45) is 0.108. The summed E-state index contributed by atoms with van der Waals surface area (Å²) in [6, 6.07) is 11.4. The van der Waals surface area contributed by atoms with E-state index in [9.17, 15) is 14.0 Å². The molecule has 4 nitrogen and oxygen atoms in total. The summed E-state index contributed by atoms with van der Waals surface area (Å²) < 4.78 is 17.9. The highest BCUT2D eigenvalue weighted by molar-refractivity contribution is 6.31. The summed E-state index contributed by atoms with van der Waals surface area (Å²) in [4.78, 5) is 23.4. The highest BCUT2D eigenvalue weighted by atomic mass is 35.5. The molecule has 0 heterocycles. The molecule has 2 aromatic rings. The van der Waals surface area contributed by atoms with Crippen molar-refractivity contribution >= 4 is 23.5 Å². The molecule has 6 heteroatoms. The Kier molecular flexibility index (Phi) is 6.32. The van der Waals surface area contributed by atoms with Crippen LogP contribution in [0.25, 0.3) is 0 Å². The maximum absolute atomic E-state index is 12.9. The Bertz CT molecular complexity index is 732. The second-order valence-corrected chi connectivity index (χ2v) is 5.74. The lowest BCUT2D eigenvalue weighted by molar-refractivity contribution is -0.147. The molecule has 0 aliphatic carbocycles. The van der Waals surface area contributed by atoms with Crippen molar-refractivity contribution in [2.75, 3.05) is 6.61 Å². The van der Waals surface area contributed by atoms with Crippen LogP contribution in [0.1, 0.15) is 16.7 Å². The van der Waals surface area contributed by atoms with Gasteiger partial charge in [-0.2, -0.15) is 0 Å². The van der Waals surface area contributed by atoms with Gasteiger partial charge in [0, 0.05) is 11.6 Å². The zero-order valence-electron chi connectivity index (χ0n) is 13.1. The Balaban J connectivity index is 1.74. The summed E-state index contributed by atoms with van der Waals surface area (Å²) in [5, 5.41) is 2.79. The molecule has 0 radical (unpaired) electrons. The molecule has 0 unspecified atom stereocenters. The number of amides is 1. The zero-order chi connectivity index (χ0) is 17.5. The van der Waals surface area contributed by atoms with Gasteiger partial charge in [-0.1, -0.05) is 47.5 Å². The standard InChI is InChI=1S/C18H17ClFNO3/c1-12-2-4-13(5-3-12)8-18(23)24-11-17(22)21-10-14-6-7-15(20)9-16(14)19/h2-7,9H,8,10-11H2,1H3,(H,21,22). The number of aryl methyl sites for hydroxylation is 1. The van der Waals surface area contributed by atoms with Gasteiger partial charge in [0.1, 0.15) is 5.82 Å². The van der Waals surface area contributed by atoms with Gasteiger partial charge in [0.2, 0.25) is 0 Å². The quantitative estimate of drug-likeness (QED) is 0.815. The van der Waals surface area contributed by atoms with Gasteiger partial charge in [-0.3, -0.25) is 9.59 Å². The van der Waals surface area contributed by atoms with Gasteiger partial charge in [-0.05, 0) is 30.2 Å². The molecule has 0 saturated carbocycles. The first-order valence-electron chi connectivity index (χ1n) is 7.36. The van der Waals surface area contributed by atoms with Gasteiger partial charge in [-0.25, -0.2) is 4.39 Å². The summed E-state index contributed by atoms with van der Waals surface area (Å²) in [5.74, 6) is -1.37. The van der Waals surface area contributed by atoms with E-state index in [0.717, 1.165) is 11.1 Å². The Morgan fingerprint density at radius 1 is 1.17 bits per heavy atom. The van der Waals surface area contributed by atoms with Crippen LogP contribution >= 0.6 is 11.6 Å².